The Hall–Kier alpha value is -1.97. The van der Waals surface area contributed by atoms with Crippen molar-refractivity contribution in [1.82, 2.24) is 3.97 Å². The van der Waals surface area contributed by atoms with Crippen LogP contribution in [0.4, 0.5) is 0 Å². The van der Waals surface area contributed by atoms with Crippen LogP contribution in [0.5, 0.6) is 0 Å². The molecule has 0 amide bonds. The monoisotopic (exact) mass is 475 g/mol. The molecule has 3 rings (SSSR count). The molecular weight excluding hydrogens is 442 g/mol. The van der Waals surface area contributed by atoms with Gasteiger partial charge >= 0.3 is 0 Å². The highest BCUT2D eigenvalue weighted by molar-refractivity contribution is 7.90. The molecule has 3 aromatic rings. The van der Waals surface area contributed by atoms with E-state index in [2.05, 4.69) is 19.6 Å². The maximum absolute atomic E-state index is 13.3. The van der Waals surface area contributed by atoms with Gasteiger partial charge in [0.15, 0.2) is 0 Å². The van der Waals surface area contributed by atoms with E-state index in [9.17, 15) is 13.5 Å². The highest BCUT2D eigenvalue weighted by Gasteiger charge is 2.22. The summed E-state index contributed by atoms with van der Waals surface area (Å²) in [5.41, 5.74) is 3.87. The summed E-state index contributed by atoms with van der Waals surface area (Å²) in [5, 5.41) is 10.8. The van der Waals surface area contributed by atoms with Gasteiger partial charge in [0.05, 0.1) is 23.6 Å². The van der Waals surface area contributed by atoms with E-state index in [-0.39, 0.29) is 24.9 Å². The van der Waals surface area contributed by atoms with Gasteiger partial charge in [0, 0.05) is 26.3 Å². The van der Waals surface area contributed by atoms with Crippen LogP contribution in [0.1, 0.15) is 22.3 Å². The van der Waals surface area contributed by atoms with E-state index in [0.717, 1.165) is 22.7 Å². The first-order valence-corrected chi connectivity index (χ1v) is 15.9. The predicted molar refractivity (Wildman–Crippen MR) is 130 cm³/mol. The van der Waals surface area contributed by atoms with E-state index in [1.807, 2.05) is 19.9 Å². The molecule has 0 aliphatic rings. The first kappa shape index (κ1) is 24.7. The summed E-state index contributed by atoms with van der Waals surface area (Å²) in [5.74, 6) is 0. The Kier molecular flexibility index (Phi) is 7.62. The fraction of sp³-hybridized carbons (Fsp3) is 0.417. The minimum absolute atomic E-state index is 0.190. The lowest BCUT2D eigenvalue weighted by Gasteiger charge is -2.16. The van der Waals surface area contributed by atoms with Crippen molar-refractivity contribution in [1.29, 1.82) is 0 Å². The SMILES string of the molecule is Cc1ccc(S(=O)(=O)n2ccc3c(CO)c(COCOCC[Si](C)(C)C)cc(C)c32)cc1. The molecule has 0 radical (unpaired) electrons. The first-order valence-electron chi connectivity index (χ1n) is 10.8. The summed E-state index contributed by atoms with van der Waals surface area (Å²) in [7, 11) is -4.89. The molecule has 0 aliphatic heterocycles. The quantitative estimate of drug-likeness (QED) is 0.258. The second-order valence-corrected chi connectivity index (χ2v) is 16.8. The van der Waals surface area contributed by atoms with Crippen LogP contribution in [0.3, 0.4) is 0 Å². The molecule has 2 aromatic carbocycles. The largest absolute Gasteiger partial charge is 0.392 e. The second-order valence-electron chi connectivity index (χ2n) is 9.37. The minimum Gasteiger partial charge on any atom is -0.392 e. The third-order valence-electron chi connectivity index (χ3n) is 5.49. The summed E-state index contributed by atoms with van der Waals surface area (Å²) in [6.07, 6.45) is 1.55. The number of fused-ring (bicyclic) bond motifs is 1. The Morgan fingerprint density at radius 3 is 2.34 bits per heavy atom. The molecule has 0 fully saturated rings. The van der Waals surface area contributed by atoms with Crippen LogP contribution in [0, 0.1) is 13.8 Å². The Bertz CT molecular complexity index is 1180. The van der Waals surface area contributed by atoms with Crippen molar-refractivity contribution in [3.8, 4) is 0 Å². The summed E-state index contributed by atoms with van der Waals surface area (Å²) in [4.78, 5) is 0.230. The number of rotatable bonds is 10. The smallest absolute Gasteiger partial charge is 0.268 e. The van der Waals surface area contributed by atoms with Gasteiger partial charge in [-0.2, -0.15) is 0 Å². The van der Waals surface area contributed by atoms with Crippen LogP contribution in [0.15, 0.2) is 47.5 Å². The van der Waals surface area contributed by atoms with Crippen LogP contribution in [0.25, 0.3) is 10.9 Å². The van der Waals surface area contributed by atoms with Crippen molar-refractivity contribution in [3.05, 3.63) is 64.8 Å². The predicted octanol–water partition coefficient (Wildman–Crippen LogP) is 4.82. The average Bonchev–Trinajstić information content (AvgIpc) is 3.17. The number of aliphatic hydroxyl groups excluding tert-OH is 1. The highest BCUT2D eigenvalue weighted by Crippen LogP contribution is 2.30. The molecule has 6 nitrogen and oxygen atoms in total. The highest BCUT2D eigenvalue weighted by atomic mass is 32.2. The van der Waals surface area contributed by atoms with Crippen molar-refractivity contribution in [2.75, 3.05) is 13.4 Å². The Labute approximate surface area is 191 Å². The first-order chi connectivity index (χ1) is 15.0. The molecule has 0 aliphatic carbocycles. The van der Waals surface area contributed by atoms with Gasteiger partial charge < -0.3 is 14.6 Å². The molecular formula is C24H33NO5SSi. The number of aryl methyl sites for hydroxylation is 2. The normalized spacial score (nSPS) is 12.6. The molecule has 1 N–H and O–H groups in total. The third-order valence-corrected chi connectivity index (χ3v) is 8.88. The number of benzene rings is 2. The van der Waals surface area contributed by atoms with Crippen molar-refractivity contribution < 1.29 is 23.0 Å². The van der Waals surface area contributed by atoms with Crippen LogP contribution in [-0.4, -0.2) is 39.0 Å². The molecule has 8 heteroatoms. The topological polar surface area (TPSA) is 77.8 Å². The fourth-order valence-corrected chi connectivity index (χ4v) is 5.79. The number of aliphatic hydroxyl groups is 1. The second kappa shape index (κ2) is 9.89. The van der Waals surface area contributed by atoms with Crippen molar-refractivity contribution in [3.63, 3.8) is 0 Å². The van der Waals surface area contributed by atoms with E-state index in [1.165, 1.54) is 3.97 Å². The van der Waals surface area contributed by atoms with Crippen molar-refractivity contribution >= 4 is 29.0 Å². The Balaban J connectivity index is 1.85. The van der Waals surface area contributed by atoms with E-state index >= 15 is 0 Å². The summed E-state index contributed by atoms with van der Waals surface area (Å²) in [6, 6.07) is 11.5. The standard InChI is InChI=1S/C24H33NO5SSi/c1-18-6-8-21(9-7-18)31(27,28)25-11-10-22-23(15-26)20(14-19(2)24(22)25)16-30-17-29-12-13-32(3,4)5/h6-11,14,26H,12-13,15-17H2,1-5H3. The van der Waals surface area contributed by atoms with E-state index in [4.69, 9.17) is 9.47 Å². The summed E-state index contributed by atoms with van der Waals surface area (Å²) < 4.78 is 39.1. The van der Waals surface area contributed by atoms with Gasteiger partial charge in [-0.05, 0) is 54.8 Å². The fourth-order valence-electron chi connectivity index (χ4n) is 3.62. The van der Waals surface area contributed by atoms with Crippen LogP contribution < -0.4 is 0 Å². The Morgan fingerprint density at radius 1 is 1.03 bits per heavy atom. The number of ether oxygens (including phenoxy) is 2. The maximum atomic E-state index is 13.3. The zero-order chi connectivity index (χ0) is 23.5. The molecule has 0 spiro atoms. The van der Waals surface area contributed by atoms with Gasteiger partial charge in [0.1, 0.15) is 6.79 Å². The van der Waals surface area contributed by atoms with Crippen molar-refractivity contribution in [2.45, 2.75) is 57.6 Å². The maximum Gasteiger partial charge on any atom is 0.268 e. The number of hydrogen-bond acceptors (Lipinski definition) is 5. The average molecular weight is 476 g/mol. The van der Waals surface area contributed by atoms with Gasteiger partial charge in [-0.3, -0.25) is 0 Å². The molecule has 32 heavy (non-hydrogen) atoms. The van der Waals surface area contributed by atoms with E-state index in [1.54, 1.807) is 36.5 Å². The zero-order valence-corrected chi connectivity index (χ0v) is 21.3. The van der Waals surface area contributed by atoms with Crippen LogP contribution >= 0.6 is 0 Å². The molecule has 1 aromatic heterocycles. The molecule has 0 bridgehead atoms. The zero-order valence-electron chi connectivity index (χ0n) is 19.5. The lowest BCUT2D eigenvalue weighted by molar-refractivity contribution is -0.0576. The minimum atomic E-state index is -3.75. The Morgan fingerprint density at radius 2 is 1.72 bits per heavy atom. The van der Waals surface area contributed by atoms with Gasteiger partial charge in [0.25, 0.3) is 10.0 Å². The molecule has 0 unspecified atom stereocenters. The number of aromatic nitrogens is 1. The molecule has 0 saturated heterocycles. The third kappa shape index (κ3) is 5.50. The van der Waals surface area contributed by atoms with Crippen molar-refractivity contribution in [2.24, 2.45) is 0 Å². The van der Waals surface area contributed by atoms with Gasteiger partial charge in [-0.25, -0.2) is 12.4 Å². The molecule has 0 atom stereocenters. The molecule has 174 valence electrons. The van der Waals surface area contributed by atoms with E-state index in [0.29, 0.717) is 23.1 Å². The number of nitrogens with zero attached hydrogens (tertiary/aromatic N) is 1. The lowest BCUT2D eigenvalue weighted by Crippen LogP contribution is -2.22. The van der Waals surface area contributed by atoms with E-state index < -0.39 is 18.1 Å². The van der Waals surface area contributed by atoms with Gasteiger partial charge in [0.2, 0.25) is 0 Å². The summed E-state index contributed by atoms with van der Waals surface area (Å²) in [6.45, 7) is 11.6. The lowest BCUT2D eigenvalue weighted by atomic mass is 10.0. The number of hydrogen-bond donors (Lipinski definition) is 1. The molecule has 0 saturated carbocycles. The van der Waals surface area contributed by atoms with Gasteiger partial charge in [-0.1, -0.05) is 43.4 Å². The molecule has 1 heterocycles. The van der Waals surface area contributed by atoms with Crippen LogP contribution in [0.2, 0.25) is 25.7 Å². The summed E-state index contributed by atoms with van der Waals surface area (Å²) >= 11 is 0. The van der Waals surface area contributed by atoms with Crippen LogP contribution in [-0.2, 0) is 32.7 Å². The van der Waals surface area contributed by atoms with Gasteiger partial charge in [-0.15, -0.1) is 0 Å².